The van der Waals surface area contributed by atoms with Gasteiger partial charge in [0.05, 0.1) is 5.56 Å². The van der Waals surface area contributed by atoms with Gasteiger partial charge in [0.25, 0.3) is 0 Å². The molecule has 1 aliphatic heterocycles. The molecule has 18 heavy (non-hydrogen) atoms. The number of alkyl halides is 3. The predicted octanol–water partition coefficient (Wildman–Crippen LogP) is 3.58. The topological polar surface area (TPSA) is 20.3 Å². The monoisotopic (exact) mass is 319 g/mol. The van der Waals surface area contributed by atoms with Crippen LogP contribution in [-0.4, -0.2) is 18.2 Å². The molecule has 1 aromatic rings. The van der Waals surface area contributed by atoms with E-state index in [9.17, 15) is 18.0 Å². The summed E-state index contributed by atoms with van der Waals surface area (Å²) in [5.74, 6) is 0. The third-order valence-electron chi connectivity index (χ3n) is 2.84. The normalized spacial score (nSPS) is 19.3. The lowest BCUT2D eigenvalue weighted by Gasteiger charge is -2.29. The summed E-state index contributed by atoms with van der Waals surface area (Å²) in [4.78, 5) is 12.7. The van der Waals surface area contributed by atoms with Crippen molar-refractivity contribution in [3.8, 4) is 0 Å². The van der Waals surface area contributed by atoms with Crippen LogP contribution >= 0.6 is 15.9 Å². The molecule has 0 radical (unpaired) electrons. The Balaban J connectivity index is 2.59. The number of hydrogen-bond acceptors (Lipinski definition) is 2. The molecule has 1 heterocycles. The molecule has 1 atom stereocenters. The molecule has 0 aliphatic carbocycles. The Bertz CT molecular complexity index is 525. The first-order valence-electron chi connectivity index (χ1n) is 5.10. The molecule has 1 aromatic carbocycles. The van der Waals surface area contributed by atoms with Crippen molar-refractivity contribution in [2.24, 2.45) is 0 Å². The Labute approximate surface area is 110 Å². The fraction of sp³-hybridized carbons (Fsp3) is 0.250. The summed E-state index contributed by atoms with van der Waals surface area (Å²) in [7, 11) is 1.70. The van der Waals surface area contributed by atoms with Gasteiger partial charge >= 0.3 is 6.18 Å². The number of rotatable bonds is 1. The fourth-order valence-electron chi connectivity index (χ4n) is 1.91. The molecule has 0 spiro atoms. The van der Waals surface area contributed by atoms with Crippen molar-refractivity contribution >= 4 is 26.7 Å². The van der Waals surface area contributed by atoms with Crippen molar-refractivity contribution in [3.05, 3.63) is 41.1 Å². The Morgan fingerprint density at radius 2 is 2.06 bits per heavy atom. The number of carbonyl (C=O) groups is 1. The molecular formula is C12H9BrF3NO. The minimum Gasteiger partial charge on any atom is -0.366 e. The lowest BCUT2D eigenvalue weighted by Crippen LogP contribution is -2.25. The largest absolute Gasteiger partial charge is 0.416 e. The number of benzene rings is 1. The number of aldehydes is 1. The molecular weight excluding hydrogens is 311 g/mol. The quantitative estimate of drug-likeness (QED) is 0.737. The zero-order valence-electron chi connectivity index (χ0n) is 9.33. The smallest absolute Gasteiger partial charge is 0.366 e. The van der Waals surface area contributed by atoms with Gasteiger partial charge in [-0.1, -0.05) is 6.07 Å². The van der Waals surface area contributed by atoms with Gasteiger partial charge in [0.15, 0.2) is 0 Å². The summed E-state index contributed by atoms with van der Waals surface area (Å²) < 4.78 is 38.4. The summed E-state index contributed by atoms with van der Waals surface area (Å²) in [5.41, 5.74) is 0.246. The zero-order valence-corrected chi connectivity index (χ0v) is 10.9. The highest BCUT2D eigenvalue weighted by molar-refractivity contribution is 9.15. The number of likely N-dealkylation sites (N-methyl/N-ethyl adjacent to an activating group) is 1. The van der Waals surface area contributed by atoms with Gasteiger partial charge in [0, 0.05) is 17.7 Å². The Kier molecular flexibility index (Phi) is 3.23. The molecule has 0 bridgehead atoms. The van der Waals surface area contributed by atoms with Crippen LogP contribution in [0.15, 0.2) is 24.4 Å². The number of carbonyl (C=O) groups excluding carboxylic acids is 1. The van der Waals surface area contributed by atoms with E-state index >= 15 is 0 Å². The summed E-state index contributed by atoms with van der Waals surface area (Å²) in [6, 6.07) is 2.85. The van der Waals surface area contributed by atoms with E-state index in [0.717, 1.165) is 12.1 Å². The van der Waals surface area contributed by atoms with Crippen LogP contribution in [0.3, 0.4) is 0 Å². The third-order valence-corrected chi connectivity index (χ3v) is 3.47. The van der Waals surface area contributed by atoms with Crippen molar-refractivity contribution in [1.82, 2.24) is 4.90 Å². The summed E-state index contributed by atoms with van der Waals surface area (Å²) in [5, 5.41) is 0. The maximum atomic E-state index is 12.6. The lowest BCUT2D eigenvalue weighted by atomic mass is 9.95. The van der Waals surface area contributed by atoms with Gasteiger partial charge in [-0.2, -0.15) is 13.2 Å². The van der Waals surface area contributed by atoms with Crippen LogP contribution in [0.1, 0.15) is 22.7 Å². The van der Waals surface area contributed by atoms with Gasteiger partial charge in [0.1, 0.15) is 12.3 Å². The first-order valence-corrected chi connectivity index (χ1v) is 5.90. The Morgan fingerprint density at radius 1 is 1.39 bits per heavy atom. The summed E-state index contributed by atoms with van der Waals surface area (Å²) in [6.07, 6.45) is -2.08. The predicted molar refractivity (Wildman–Crippen MR) is 64.9 cm³/mol. The van der Waals surface area contributed by atoms with E-state index < -0.39 is 17.8 Å². The van der Waals surface area contributed by atoms with E-state index in [0.29, 0.717) is 21.9 Å². The lowest BCUT2D eigenvalue weighted by molar-refractivity contribution is -0.137. The molecule has 2 nitrogen and oxygen atoms in total. The van der Waals surface area contributed by atoms with E-state index in [2.05, 4.69) is 15.9 Å². The van der Waals surface area contributed by atoms with Crippen LogP contribution in [0, 0.1) is 0 Å². The SMILES string of the molecule is CN1C=C(Br)c2cc(C(F)(F)F)ccc2C1C=O. The van der Waals surface area contributed by atoms with E-state index in [4.69, 9.17) is 0 Å². The van der Waals surface area contributed by atoms with E-state index in [-0.39, 0.29) is 0 Å². The maximum absolute atomic E-state index is 12.6. The molecule has 0 saturated heterocycles. The van der Waals surface area contributed by atoms with Crippen molar-refractivity contribution in [1.29, 1.82) is 0 Å². The highest BCUT2D eigenvalue weighted by Crippen LogP contribution is 2.39. The standard InChI is InChI=1S/C12H9BrF3NO/c1-17-5-10(13)9-4-7(12(14,15)16)2-3-8(9)11(17)6-18/h2-6,11H,1H3. The maximum Gasteiger partial charge on any atom is 0.416 e. The zero-order chi connectivity index (χ0) is 13.5. The van der Waals surface area contributed by atoms with Crippen LogP contribution in [0.25, 0.3) is 4.48 Å². The molecule has 1 unspecified atom stereocenters. The van der Waals surface area contributed by atoms with Crippen molar-refractivity contribution in [2.75, 3.05) is 7.05 Å². The van der Waals surface area contributed by atoms with E-state index in [1.165, 1.54) is 6.07 Å². The molecule has 0 aromatic heterocycles. The average molecular weight is 320 g/mol. The van der Waals surface area contributed by atoms with Crippen LogP contribution in [0.4, 0.5) is 13.2 Å². The van der Waals surface area contributed by atoms with Crippen molar-refractivity contribution < 1.29 is 18.0 Å². The first-order chi connectivity index (χ1) is 8.34. The van der Waals surface area contributed by atoms with Gasteiger partial charge in [-0.15, -0.1) is 0 Å². The Hall–Kier alpha value is -1.30. The van der Waals surface area contributed by atoms with Crippen LogP contribution in [-0.2, 0) is 11.0 Å². The summed E-state index contributed by atoms with van der Waals surface area (Å²) in [6.45, 7) is 0. The van der Waals surface area contributed by atoms with Crippen molar-refractivity contribution in [3.63, 3.8) is 0 Å². The molecule has 1 aliphatic rings. The Morgan fingerprint density at radius 3 is 2.61 bits per heavy atom. The molecule has 0 saturated carbocycles. The second-order valence-corrected chi connectivity index (χ2v) is 4.88. The molecule has 0 fully saturated rings. The van der Waals surface area contributed by atoms with Gasteiger partial charge in [-0.05, 0) is 39.2 Å². The van der Waals surface area contributed by atoms with Crippen molar-refractivity contribution in [2.45, 2.75) is 12.2 Å². The average Bonchev–Trinajstić information content (AvgIpc) is 2.27. The number of fused-ring (bicyclic) bond motifs is 1. The van der Waals surface area contributed by atoms with Crippen LogP contribution in [0.5, 0.6) is 0 Å². The minimum atomic E-state index is -4.39. The minimum absolute atomic E-state index is 0.403. The number of hydrogen-bond donors (Lipinski definition) is 0. The molecule has 2 rings (SSSR count). The number of halogens is 4. The number of nitrogens with zero attached hydrogens (tertiary/aromatic N) is 1. The van der Waals surface area contributed by atoms with Gasteiger partial charge < -0.3 is 9.69 Å². The third kappa shape index (κ3) is 2.16. The van der Waals surface area contributed by atoms with Crippen LogP contribution in [0.2, 0.25) is 0 Å². The van der Waals surface area contributed by atoms with Crippen LogP contribution < -0.4 is 0 Å². The van der Waals surface area contributed by atoms with Gasteiger partial charge in [0.2, 0.25) is 0 Å². The van der Waals surface area contributed by atoms with E-state index in [1.54, 1.807) is 18.1 Å². The highest BCUT2D eigenvalue weighted by Gasteiger charge is 2.33. The first kappa shape index (κ1) is 13.1. The highest BCUT2D eigenvalue weighted by atomic mass is 79.9. The second-order valence-electron chi connectivity index (χ2n) is 4.02. The molecule has 6 heteroatoms. The van der Waals surface area contributed by atoms with E-state index in [1.807, 2.05) is 0 Å². The second kappa shape index (κ2) is 4.42. The van der Waals surface area contributed by atoms with Gasteiger partial charge in [-0.25, -0.2) is 0 Å². The molecule has 96 valence electrons. The molecule has 0 amide bonds. The fourth-order valence-corrected chi connectivity index (χ4v) is 2.58. The van der Waals surface area contributed by atoms with Gasteiger partial charge in [-0.3, -0.25) is 0 Å². The molecule has 0 N–H and O–H groups in total. The summed E-state index contributed by atoms with van der Waals surface area (Å²) >= 11 is 3.22.